The smallest absolute Gasteiger partial charge is 0.227 e. The summed E-state index contributed by atoms with van der Waals surface area (Å²) in [5.41, 5.74) is 0.645. The van der Waals surface area contributed by atoms with Crippen LogP contribution in [-0.4, -0.2) is 6.61 Å². The third-order valence-corrected chi connectivity index (χ3v) is 2.23. The highest BCUT2D eigenvalue weighted by Gasteiger charge is 2.08. The lowest BCUT2D eigenvalue weighted by Gasteiger charge is -2.08. The molecule has 0 aliphatic heterocycles. The van der Waals surface area contributed by atoms with Crippen LogP contribution in [0.4, 0.5) is 0 Å². The van der Waals surface area contributed by atoms with Crippen molar-refractivity contribution < 1.29 is 9.47 Å². The molecule has 0 amide bonds. The third-order valence-electron chi connectivity index (χ3n) is 2.23. The first kappa shape index (κ1) is 9.77. The first-order valence-electron chi connectivity index (χ1n) is 5.06. The molecule has 0 bridgehead atoms. The van der Waals surface area contributed by atoms with Crippen molar-refractivity contribution in [1.29, 1.82) is 0 Å². The van der Waals surface area contributed by atoms with Crippen LogP contribution in [-0.2, 0) is 0 Å². The van der Waals surface area contributed by atoms with Crippen molar-refractivity contribution in [3.63, 3.8) is 0 Å². The minimum absolute atomic E-state index is 0.645. The second kappa shape index (κ2) is 4.17. The van der Waals surface area contributed by atoms with Crippen LogP contribution in [0.5, 0.6) is 5.75 Å². The molecule has 0 aliphatic carbocycles. The average Bonchev–Trinajstić information content (AvgIpc) is 2.29. The Balaban J connectivity index is 2.51. The number of ether oxygens (including phenoxy) is 1. The topological polar surface area (TPSA) is 36.2 Å². The van der Waals surface area contributed by atoms with Gasteiger partial charge in [0.15, 0.2) is 6.20 Å². The first-order valence-corrected chi connectivity index (χ1v) is 5.06. The fraction of sp³-hybridized carbons (Fsp3) is 0.250. The Bertz CT molecular complexity index is 468. The van der Waals surface area contributed by atoms with Crippen molar-refractivity contribution in [3.8, 4) is 5.75 Å². The molecule has 0 atom stereocenters. The molecule has 1 heterocycles. The molecule has 2 rings (SSSR count). The molecular formula is C12H13NO2. The van der Waals surface area contributed by atoms with Crippen LogP contribution >= 0.6 is 0 Å². The number of fused-ring (bicyclic) bond motifs is 1. The molecule has 0 saturated heterocycles. The summed E-state index contributed by atoms with van der Waals surface area (Å²) in [6, 6.07) is 9.16. The van der Waals surface area contributed by atoms with Crippen molar-refractivity contribution >= 4 is 10.9 Å². The van der Waals surface area contributed by atoms with Gasteiger partial charge in [0.1, 0.15) is 5.75 Å². The molecule has 0 aliphatic rings. The zero-order valence-electron chi connectivity index (χ0n) is 8.64. The standard InChI is InChI=1S/C12H13NO2/c1-2-9-15-12-7-8-13(14)11-6-4-3-5-10(11)12/h3-8H,2,9H2,1H3. The average molecular weight is 203 g/mol. The lowest BCUT2D eigenvalue weighted by atomic mass is 10.2. The van der Waals surface area contributed by atoms with Crippen molar-refractivity contribution in [2.45, 2.75) is 13.3 Å². The number of benzene rings is 1. The van der Waals surface area contributed by atoms with Gasteiger partial charge in [-0.1, -0.05) is 19.1 Å². The molecule has 1 aromatic carbocycles. The fourth-order valence-electron chi connectivity index (χ4n) is 1.52. The summed E-state index contributed by atoms with van der Waals surface area (Å²) in [6.07, 6.45) is 2.44. The molecule has 3 nitrogen and oxygen atoms in total. The van der Waals surface area contributed by atoms with E-state index in [1.54, 1.807) is 12.1 Å². The SMILES string of the molecule is CCCOc1cc[n+]([O-])c2ccccc12. The van der Waals surface area contributed by atoms with Gasteiger partial charge in [-0.05, 0) is 12.5 Å². The van der Waals surface area contributed by atoms with E-state index in [0.717, 1.165) is 22.3 Å². The van der Waals surface area contributed by atoms with Gasteiger partial charge in [0, 0.05) is 12.1 Å². The van der Waals surface area contributed by atoms with E-state index in [9.17, 15) is 5.21 Å². The van der Waals surface area contributed by atoms with E-state index in [-0.39, 0.29) is 0 Å². The quantitative estimate of drug-likeness (QED) is 0.566. The molecule has 0 fully saturated rings. The van der Waals surface area contributed by atoms with Crippen molar-refractivity contribution in [1.82, 2.24) is 0 Å². The molecule has 0 radical (unpaired) electrons. The fourth-order valence-corrected chi connectivity index (χ4v) is 1.52. The summed E-state index contributed by atoms with van der Waals surface area (Å²) in [5, 5.41) is 12.3. The molecule has 0 spiro atoms. The molecule has 0 unspecified atom stereocenters. The van der Waals surface area contributed by atoms with Crippen LogP contribution in [0, 0.1) is 5.21 Å². The maximum atomic E-state index is 11.5. The van der Waals surface area contributed by atoms with Crippen LogP contribution < -0.4 is 9.47 Å². The van der Waals surface area contributed by atoms with Gasteiger partial charge < -0.3 is 9.94 Å². The highest BCUT2D eigenvalue weighted by molar-refractivity contribution is 5.82. The van der Waals surface area contributed by atoms with Crippen LogP contribution in [0.25, 0.3) is 10.9 Å². The van der Waals surface area contributed by atoms with Crippen molar-refractivity contribution in [3.05, 3.63) is 41.7 Å². The number of pyridine rings is 1. The predicted octanol–water partition coefficient (Wildman–Crippen LogP) is 2.26. The summed E-state index contributed by atoms with van der Waals surface area (Å²) >= 11 is 0. The normalized spacial score (nSPS) is 10.5. The maximum Gasteiger partial charge on any atom is 0.227 e. The van der Waals surface area contributed by atoms with Gasteiger partial charge in [0.25, 0.3) is 0 Å². The van der Waals surface area contributed by atoms with Gasteiger partial charge in [-0.25, -0.2) is 0 Å². The molecule has 0 N–H and O–H groups in total. The number of rotatable bonds is 3. The molecule has 3 heteroatoms. The molecule has 15 heavy (non-hydrogen) atoms. The van der Waals surface area contributed by atoms with E-state index in [1.807, 2.05) is 18.2 Å². The Morgan fingerprint density at radius 1 is 1.27 bits per heavy atom. The van der Waals surface area contributed by atoms with E-state index in [4.69, 9.17) is 4.74 Å². The van der Waals surface area contributed by atoms with E-state index in [2.05, 4.69) is 6.92 Å². The lowest BCUT2D eigenvalue weighted by Crippen LogP contribution is -2.26. The second-order valence-corrected chi connectivity index (χ2v) is 3.37. The van der Waals surface area contributed by atoms with Crippen LogP contribution in [0.2, 0.25) is 0 Å². The van der Waals surface area contributed by atoms with Crippen LogP contribution in [0.1, 0.15) is 13.3 Å². The van der Waals surface area contributed by atoms with E-state index in [1.165, 1.54) is 6.20 Å². The summed E-state index contributed by atoms with van der Waals surface area (Å²) in [5.74, 6) is 0.777. The molecular weight excluding hydrogens is 190 g/mol. The highest BCUT2D eigenvalue weighted by atomic mass is 16.5. The van der Waals surface area contributed by atoms with Crippen LogP contribution in [0.3, 0.4) is 0 Å². The number of hydrogen-bond acceptors (Lipinski definition) is 2. The van der Waals surface area contributed by atoms with Gasteiger partial charge in [-0.15, -0.1) is 0 Å². The Kier molecular flexibility index (Phi) is 2.72. The highest BCUT2D eigenvalue weighted by Crippen LogP contribution is 2.22. The summed E-state index contributed by atoms with van der Waals surface area (Å²) in [6.45, 7) is 2.73. The van der Waals surface area contributed by atoms with Crippen LogP contribution in [0.15, 0.2) is 36.5 Å². The third kappa shape index (κ3) is 1.86. The molecule has 2 aromatic rings. The Hall–Kier alpha value is -1.77. The van der Waals surface area contributed by atoms with Gasteiger partial charge in [-0.2, -0.15) is 4.73 Å². The van der Waals surface area contributed by atoms with Crippen molar-refractivity contribution in [2.24, 2.45) is 0 Å². The molecule has 0 saturated carbocycles. The minimum Gasteiger partial charge on any atom is -0.618 e. The number of hydrogen-bond donors (Lipinski definition) is 0. The largest absolute Gasteiger partial charge is 0.618 e. The van der Waals surface area contributed by atoms with Gasteiger partial charge in [0.2, 0.25) is 5.52 Å². The van der Waals surface area contributed by atoms with Crippen molar-refractivity contribution in [2.75, 3.05) is 6.61 Å². The zero-order chi connectivity index (χ0) is 10.7. The zero-order valence-corrected chi connectivity index (χ0v) is 8.64. The second-order valence-electron chi connectivity index (χ2n) is 3.37. The molecule has 78 valence electrons. The van der Waals surface area contributed by atoms with Gasteiger partial charge >= 0.3 is 0 Å². The predicted molar refractivity (Wildman–Crippen MR) is 58.7 cm³/mol. The Morgan fingerprint density at radius 3 is 2.87 bits per heavy atom. The molecule has 1 aromatic heterocycles. The monoisotopic (exact) mass is 203 g/mol. The summed E-state index contributed by atoms with van der Waals surface area (Å²) in [4.78, 5) is 0. The van der Waals surface area contributed by atoms with Gasteiger partial charge in [0.05, 0.1) is 12.0 Å². The van der Waals surface area contributed by atoms with E-state index < -0.39 is 0 Å². The van der Waals surface area contributed by atoms with E-state index >= 15 is 0 Å². The Morgan fingerprint density at radius 2 is 2.07 bits per heavy atom. The lowest BCUT2D eigenvalue weighted by molar-refractivity contribution is -0.577. The number of para-hydroxylation sites is 1. The maximum absolute atomic E-state index is 11.5. The Labute approximate surface area is 88.5 Å². The summed E-state index contributed by atoms with van der Waals surface area (Å²) in [7, 11) is 0. The van der Waals surface area contributed by atoms with E-state index in [0.29, 0.717) is 12.1 Å². The number of nitrogens with zero attached hydrogens (tertiary/aromatic N) is 1. The summed E-state index contributed by atoms with van der Waals surface area (Å²) < 4.78 is 6.43. The minimum atomic E-state index is 0.645. The first-order chi connectivity index (χ1) is 7.33. The van der Waals surface area contributed by atoms with Gasteiger partial charge in [-0.3, -0.25) is 0 Å². The number of aromatic nitrogens is 1.